The molecule has 156 valence electrons. The number of carboxylic acid groups (broad SMARTS) is 1. The number of hydrogen-bond donors (Lipinski definition) is 4. The molecule has 1 heterocycles. The number of rotatable bonds is 7. The number of aromatic nitrogens is 3. The first-order chi connectivity index (χ1) is 14.2. The third-order valence-electron chi connectivity index (χ3n) is 4.29. The van der Waals surface area contributed by atoms with Crippen LogP contribution in [0.1, 0.15) is 23.1 Å². The Morgan fingerprint density at radius 2 is 1.87 bits per heavy atom. The molecule has 0 radical (unpaired) electrons. The second-order valence-electron chi connectivity index (χ2n) is 6.51. The number of hydrazine groups is 1. The minimum atomic E-state index is -2.40. The summed E-state index contributed by atoms with van der Waals surface area (Å²) in [6, 6.07) is 14.5. The van der Waals surface area contributed by atoms with Crippen LogP contribution < -0.4 is 5.43 Å². The highest BCUT2D eigenvalue weighted by Crippen LogP contribution is 2.24. The van der Waals surface area contributed by atoms with Crippen LogP contribution >= 0.6 is 23.2 Å². The van der Waals surface area contributed by atoms with Crippen LogP contribution in [-0.2, 0) is 11.3 Å². The maximum absolute atomic E-state index is 12.3. The first-order valence-corrected chi connectivity index (χ1v) is 9.39. The minimum absolute atomic E-state index is 0.108. The fraction of sp³-hybridized carbons (Fsp3) is 0.158. The van der Waals surface area contributed by atoms with Crippen molar-refractivity contribution in [3.05, 3.63) is 70.2 Å². The molecular formula is C19H17Cl2N5O4. The summed E-state index contributed by atoms with van der Waals surface area (Å²) >= 11 is 11.6. The number of amides is 1. The molecule has 0 aliphatic heterocycles. The third-order valence-corrected chi connectivity index (χ3v) is 4.70. The van der Waals surface area contributed by atoms with E-state index >= 15 is 0 Å². The van der Waals surface area contributed by atoms with E-state index in [-0.39, 0.29) is 17.7 Å². The number of aliphatic hydroxyl groups is 1. The number of carbonyl (C=O) groups is 2. The van der Waals surface area contributed by atoms with Crippen molar-refractivity contribution in [1.29, 1.82) is 0 Å². The number of nitrogens with one attached hydrogen (secondary N) is 2. The van der Waals surface area contributed by atoms with E-state index in [0.717, 1.165) is 23.1 Å². The Morgan fingerprint density at radius 3 is 2.43 bits per heavy atom. The van der Waals surface area contributed by atoms with Crippen molar-refractivity contribution in [2.45, 2.75) is 19.2 Å². The van der Waals surface area contributed by atoms with Crippen LogP contribution in [0, 0.1) is 0 Å². The van der Waals surface area contributed by atoms with Gasteiger partial charge in [-0.05, 0) is 47.3 Å². The summed E-state index contributed by atoms with van der Waals surface area (Å²) in [5.74, 6) is -2.59. The zero-order chi connectivity index (χ0) is 21.9. The maximum atomic E-state index is 12.3. The molecule has 1 atom stereocenters. The van der Waals surface area contributed by atoms with E-state index in [1.807, 2.05) is 30.3 Å². The lowest BCUT2D eigenvalue weighted by Gasteiger charge is -2.33. The van der Waals surface area contributed by atoms with E-state index in [2.05, 4.69) is 20.6 Å². The first-order valence-electron chi connectivity index (χ1n) is 8.64. The van der Waals surface area contributed by atoms with Crippen molar-refractivity contribution in [2.24, 2.45) is 0 Å². The normalized spacial score (nSPS) is 13.1. The monoisotopic (exact) mass is 449 g/mol. The number of carbonyl (C=O) groups excluding carboxylic acids is 1. The van der Waals surface area contributed by atoms with Gasteiger partial charge in [0, 0.05) is 11.6 Å². The summed E-state index contributed by atoms with van der Waals surface area (Å²) in [6.07, 6.45) is 0. The number of aliphatic carboxylic acids is 1. The van der Waals surface area contributed by atoms with Crippen molar-refractivity contribution >= 4 is 35.1 Å². The highest BCUT2D eigenvalue weighted by Gasteiger charge is 2.39. The molecule has 0 aliphatic rings. The van der Waals surface area contributed by atoms with Crippen LogP contribution in [0.3, 0.4) is 0 Å². The van der Waals surface area contributed by atoms with Gasteiger partial charge in [0.15, 0.2) is 0 Å². The SMILES string of the molecule is C[C@@](O)(C(=O)O)N(Cc1ccc(-c2cccc(Cl)c2)cc1)NC(=O)c1nc(Cl)n[nH]1. The second kappa shape index (κ2) is 8.80. The van der Waals surface area contributed by atoms with Crippen LogP contribution in [0.4, 0.5) is 0 Å². The van der Waals surface area contributed by atoms with E-state index in [0.29, 0.717) is 10.6 Å². The summed E-state index contributed by atoms with van der Waals surface area (Å²) in [5, 5.41) is 26.9. The van der Waals surface area contributed by atoms with Crippen molar-refractivity contribution in [3.63, 3.8) is 0 Å². The van der Waals surface area contributed by atoms with Gasteiger partial charge in [-0.1, -0.05) is 48.0 Å². The van der Waals surface area contributed by atoms with E-state index in [1.54, 1.807) is 18.2 Å². The molecule has 2 aromatic carbocycles. The lowest BCUT2D eigenvalue weighted by molar-refractivity contribution is -0.185. The number of H-pyrrole nitrogens is 1. The molecule has 9 nitrogen and oxygen atoms in total. The predicted octanol–water partition coefficient (Wildman–Crippen LogP) is 2.72. The molecular weight excluding hydrogens is 433 g/mol. The molecule has 0 unspecified atom stereocenters. The summed E-state index contributed by atoms with van der Waals surface area (Å²) in [6.45, 7) is 0.937. The molecule has 1 aromatic heterocycles. The molecule has 3 aromatic rings. The zero-order valence-electron chi connectivity index (χ0n) is 15.6. The number of hydrogen-bond acceptors (Lipinski definition) is 6. The van der Waals surface area contributed by atoms with Crippen LogP contribution in [0.25, 0.3) is 11.1 Å². The minimum Gasteiger partial charge on any atom is -0.478 e. The fourth-order valence-corrected chi connectivity index (χ4v) is 2.91. The average Bonchev–Trinajstić information content (AvgIpc) is 3.14. The van der Waals surface area contributed by atoms with Gasteiger partial charge in [0.2, 0.25) is 16.8 Å². The van der Waals surface area contributed by atoms with Gasteiger partial charge in [-0.15, -0.1) is 5.10 Å². The van der Waals surface area contributed by atoms with Gasteiger partial charge in [0.1, 0.15) is 0 Å². The molecule has 1 amide bonds. The molecule has 0 saturated carbocycles. The molecule has 0 bridgehead atoms. The molecule has 0 saturated heterocycles. The third kappa shape index (κ3) is 4.95. The summed E-state index contributed by atoms with van der Waals surface area (Å²) in [5.41, 5.74) is 2.38. The molecule has 0 fully saturated rings. The summed E-state index contributed by atoms with van der Waals surface area (Å²) in [7, 11) is 0. The molecule has 4 N–H and O–H groups in total. The highest BCUT2D eigenvalue weighted by molar-refractivity contribution is 6.30. The maximum Gasteiger partial charge on any atom is 0.352 e. The van der Waals surface area contributed by atoms with E-state index < -0.39 is 17.6 Å². The van der Waals surface area contributed by atoms with Gasteiger partial charge >= 0.3 is 11.9 Å². The Kier molecular flexibility index (Phi) is 6.37. The summed E-state index contributed by atoms with van der Waals surface area (Å²) < 4.78 is 0. The Morgan fingerprint density at radius 1 is 1.17 bits per heavy atom. The van der Waals surface area contributed by atoms with Crippen molar-refractivity contribution in [3.8, 4) is 11.1 Å². The largest absolute Gasteiger partial charge is 0.478 e. The van der Waals surface area contributed by atoms with Crippen molar-refractivity contribution in [2.75, 3.05) is 0 Å². The lowest BCUT2D eigenvalue weighted by atomic mass is 10.0. The number of carboxylic acids is 1. The van der Waals surface area contributed by atoms with Gasteiger partial charge in [-0.3, -0.25) is 15.3 Å². The fourth-order valence-electron chi connectivity index (χ4n) is 2.59. The van der Waals surface area contributed by atoms with E-state index in [1.165, 1.54) is 0 Å². The van der Waals surface area contributed by atoms with Gasteiger partial charge in [-0.2, -0.15) is 9.99 Å². The molecule has 3 rings (SSSR count). The Labute approximate surface area is 181 Å². The Bertz CT molecular complexity index is 1070. The number of halogens is 2. The molecule has 0 spiro atoms. The molecule has 0 aliphatic carbocycles. The van der Waals surface area contributed by atoms with Crippen LogP contribution in [0.15, 0.2) is 48.5 Å². The topological polar surface area (TPSA) is 131 Å². The number of aromatic amines is 1. The summed E-state index contributed by atoms with van der Waals surface area (Å²) in [4.78, 5) is 27.5. The van der Waals surface area contributed by atoms with E-state index in [9.17, 15) is 19.8 Å². The Balaban J connectivity index is 1.82. The average molecular weight is 450 g/mol. The van der Waals surface area contributed by atoms with Gasteiger partial charge < -0.3 is 10.2 Å². The molecule has 11 heteroatoms. The molecule has 30 heavy (non-hydrogen) atoms. The number of benzene rings is 2. The van der Waals surface area contributed by atoms with Gasteiger partial charge in [-0.25, -0.2) is 4.79 Å². The van der Waals surface area contributed by atoms with E-state index in [4.69, 9.17) is 23.2 Å². The van der Waals surface area contributed by atoms with Gasteiger partial charge in [0.25, 0.3) is 0 Å². The van der Waals surface area contributed by atoms with Gasteiger partial charge in [0.05, 0.1) is 0 Å². The standard InChI is InChI=1S/C19H17Cl2N5O4/c1-19(30,17(28)29)26(25-16(27)15-22-18(21)24-23-15)10-11-5-7-12(8-6-11)13-3-2-4-14(20)9-13/h2-9,30H,10H2,1H3,(H,25,27)(H,28,29)(H,22,23,24)/t19-/m1/s1. The van der Waals surface area contributed by atoms with Crippen LogP contribution in [0.5, 0.6) is 0 Å². The quantitative estimate of drug-likeness (QED) is 0.322. The van der Waals surface area contributed by atoms with Crippen LogP contribution in [0.2, 0.25) is 10.3 Å². The lowest BCUT2D eigenvalue weighted by Crippen LogP contribution is -2.59. The smallest absolute Gasteiger partial charge is 0.352 e. The number of nitrogens with zero attached hydrogens (tertiary/aromatic N) is 3. The Hall–Kier alpha value is -2.98. The second-order valence-corrected chi connectivity index (χ2v) is 7.29. The van der Waals surface area contributed by atoms with Crippen LogP contribution in [-0.4, -0.2) is 48.0 Å². The van der Waals surface area contributed by atoms with Crippen molar-refractivity contribution in [1.82, 2.24) is 25.6 Å². The first kappa shape index (κ1) is 21.7. The zero-order valence-corrected chi connectivity index (χ0v) is 17.1. The predicted molar refractivity (Wildman–Crippen MR) is 110 cm³/mol. The highest BCUT2D eigenvalue weighted by atomic mass is 35.5. The van der Waals surface area contributed by atoms with Crippen molar-refractivity contribution < 1.29 is 19.8 Å².